The van der Waals surface area contributed by atoms with Crippen LogP contribution in [-0.2, 0) is 11.3 Å². The highest BCUT2D eigenvalue weighted by Gasteiger charge is 2.17. The van der Waals surface area contributed by atoms with Crippen LogP contribution in [0.25, 0.3) is 0 Å². The summed E-state index contributed by atoms with van der Waals surface area (Å²) in [6, 6.07) is 7.81. The topological polar surface area (TPSA) is 46.3 Å². The molecule has 0 aromatic heterocycles. The maximum Gasteiger partial charge on any atom is 0.229 e. The molecule has 94 valence electrons. The summed E-state index contributed by atoms with van der Waals surface area (Å²) in [4.78, 5) is 13.8. The molecule has 0 saturated heterocycles. The Bertz CT molecular complexity index is 359. The Morgan fingerprint density at radius 1 is 1.35 bits per heavy atom. The minimum atomic E-state index is 0.0826. The third-order valence-electron chi connectivity index (χ3n) is 3.03. The van der Waals surface area contributed by atoms with E-state index in [1.807, 2.05) is 38.2 Å². The van der Waals surface area contributed by atoms with Gasteiger partial charge in [-0.3, -0.25) is 4.79 Å². The number of benzene rings is 1. The van der Waals surface area contributed by atoms with Crippen molar-refractivity contribution < 1.29 is 4.79 Å². The molecule has 1 aromatic rings. The van der Waals surface area contributed by atoms with Crippen LogP contribution < -0.4 is 10.6 Å². The zero-order valence-electron chi connectivity index (χ0n) is 10.9. The number of anilines is 1. The second kappa shape index (κ2) is 6.40. The van der Waals surface area contributed by atoms with Crippen LogP contribution in [-0.4, -0.2) is 13.0 Å². The van der Waals surface area contributed by atoms with Crippen molar-refractivity contribution in [1.82, 2.24) is 0 Å². The number of nitrogens with zero attached hydrogens (tertiary/aromatic N) is 1. The van der Waals surface area contributed by atoms with Gasteiger partial charge in [0.2, 0.25) is 5.91 Å². The van der Waals surface area contributed by atoms with E-state index in [9.17, 15) is 4.79 Å². The predicted octanol–water partition coefficient (Wildman–Crippen LogP) is 2.54. The van der Waals surface area contributed by atoms with Gasteiger partial charge in [0.05, 0.1) is 0 Å². The molecule has 0 fully saturated rings. The molecule has 1 unspecified atom stereocenters. The Morgan fingerprint density at radius 2 is 1.94 bits per heavy atom. The molecular weight excluding hydrogens is 212 g/mol. The van der Waals surface area contributed by atoms with Gasteiger partial charge < -0.3 is 10.6 Å². The first-order valence-corrected chi connectivity index (χ1v) is 6.16. The lowest BCUT2D eigenvalue weighted by Gasteiger charge is -2.21. The van der Waals surface area contributed by atoms with Gasteiger partial charge in [-0.25, -0.2) is 0 Å². The lowest BCUT2D eigenvalue weighted by molar-refractivity contribution is -0.121. The van der Waals surface area contributed by atoms with E-state index in [0.29, 0.717) is 6.54 Å². The molecule has 1 atom stereocenters. The molecule has 0 heterocycles. The van der Waals surface area contributed by atoms with Crippen molar-refractivity contribution in [2.45, 2.75) is 33.2 Å². The van der Waals surface area contributed by atoms with Gasteiger partial charge in [0.1, 0.15) is 0 Å². The van der Waals surface area contributed by atoms with Gasteiger partial charge in [-0.05, 0) is 24.1 Å². The quantitative estimate of drug-likeness (QED) is 0.851. The fraction of sp³-hybridized carbons (Fsp3) is 0.500. The average Bonchev–Trinajstić information content (AvgIpc) is 2.37. The van der Waals surface area contributed by atoms with E-state index in [0.717, 1.165) is 24.1 Å². The summed E-state index contributed by atoms with van der Waals surface area (Å²) in [5, 5.41) is 0. The van der Waals surface area contributed by atoms with Crippen molar-refractivity contribution >= 4 is 11.6 Å². The second-order valence-corrected chi connectivity index (χ2v) is 4.46. The van der Waals surface area contributed by atoms with Gasteiger partial charge in [-0.15, -0.1) is 0 Å². The largest absolute Gasteiger partial charge is 0.326 e. The number of carbonyl (C=O) groups is 1. The standard InChI is InChI=1S/C14H22N2O/c1-4-5-11(2)14(17)16(3)13-8-6-12(10-15)7-9-13/h6-9,11H,4-5,10,15H2,1-3H3. The third kappa shape index (κ3) is 3.56. The van der Waals surface area contributed by atoms with Crippen LogP contribution in [0.3, 0.4) is 0 Å². The summed E-state index contributed by atoms with van der Waals surface area (Å²) in [5.74, 6) is 0.256. The lowest BCUT2D eigenvalue weighted by Crippen LogP contribution is -2.31. The van der Waals surface area contributed by atoms with Crippen LogP contribution in [0.1, 0.15) is 32.3 Å². The van der Waals surface area contributed by atoms with E-state index in [2.05, 4.69) is 6.92 Å². The SMILES string of the molecule is CCCC(C)C(=O)N(C)c1ccc(CN)cc1. The average molecular weight is 234 g/mol. The van der Waals surface area contributed by atoms with Crippen molar-refractivity contribution in [2.24, 2.45) is 11.7 Å². The maximum absolute atomic E-state index is 12.1. The number of nitrogens with two attached hydrogens (primary N) is 1. The van der Waals surface area contributed by atoms with Crippen LogP contribution >= 0.6 is 0 Å². The number of hydrogen-bond donors (Lipinski definition) is 1. The highest BCUT2D eigenvalue weighted by Crippen LogP contribution is 2.17. The number of hydrogen-bond acceptors (Lipinski definition) is 2. The lowest BCUT2D eigenvalue weighted by atomic mass is 10.0. The van der Waals surface area contributed by atoms with Crippen LogP contribution in [0.5, 0.6) is 0 Å². The predicted molar refractivity (Wildman–Crippen MR) is 71.8 cm³/mol. The Balaban J connectivity index is 2.74. The Kier molecular flexibility index (Phi) is 5.16. The Labute approximate surface area is 104 Å². The molecular formula is C14H22N2O. The normalized spacial score (nSPS) is 12.2. The summed E-state index contributed by atoms with van der Waals surface area (Å²) < 4.78 is 0. The van der Waals surface area contributed by atoms with Crippen LogP contribution in [0, 0.1) is 5.92 Å². The number of rotatable bonds is 5. The van der Waals surface area contributed by atoms with Crippen molar-refractivity contribution in [3.05, 3.63) is 29.8 Å². The molecule has 2 N–H and O–H groups in total. The molecule has 0 radical (unpaired) electrons. The first-order chi connectivity index (χ1) is 8.10. The van der Waals surface area contributed by atoms with Gasteiger partial charge in [0, 0.05) is 25.2 Å². The molecule has 17 heavy (non-hydrogen) atoms. The third-order valence-corrected chi connectivity index (χ3v) is 3.03. The van der Waals surface area contributed by atoms with E-state index < -0.39 is 0 Å². The smallest absolute Gasteiger partial charge is 0.229 e. The minimum Gasteiger partial charge on any atom is -0.326 e. The summed E-state index contributed by atoms with van der Waals surface area (Å²) in [6.45, 7) is 4.61. The second-order valence-electron chi connectivity index (χ2n) is 4.46. The van der Waals surface area contributed by atoms with Crippen molar-refractivity contribution in [3.8, 4) is 0 Å². The minimum absolute atomic E-state index is 0.0826. The summed E-state index contributed by atoms with van der Waals surface area (Å²) in [6.07, 6.45) is 1.97. The van der Waals surface area contributed by atoms with Crippen molar-refractivity contribution in [2.75, 3.05) is 11.9 Å². The zero-order chi connectivity index (χ0) is 12.8. The van der Waals surface area contributed by atoms with Gasteiger partial charge in [0.15, 0.2) is 0 Å². The van der Waals surface area contributed by atoms with Crippen molar-refractivity contribution in [1.29, 1.82) is 0 Å². The summed E-state index contributed by atoms with van der Waals surface area (Å²) in [7, 11) is 1.83. The molecule has 0 aliphatic carbocycles. The van der Waals surface area contributed by atoms with Gasteiger partial charge >= 0.3 is 0 Å². The van der Waals surface area contributed by atoms with Crippen LogP contribution in [0.2, 0.25) is 0 Å². The molecule has 0 saturated carbocycles. The molecule has 3 nitrogen and oxygen atoms in total. The molecule has 0 bridgehead atoms. The summed E-state index contributed by atoms with van der Waals surface area (Å²) >= 11 is 0. The van der Waals surface area contributed by atoms with Crippen LogP contribution in [0.15, 0.2) is 24.3 Å². The first-order valence-electron chi connectivity index (χ1n) is 6.16. The summed E-state index contributed by atoms with van der Waals surface area (Å²) in [5.41, 5.74) is 7.55. The van der Waals surface area contributed by atoms with Gasteiger partial charge in [0.25, 0.3) is 0 Å². The zero-order valence-corrected chi connectivity index (χ0v) is 10.9. The number of amides is 1. The molecule has 1 aromatic carbocycles. The fourth-order valence-corrected chi connectivity index (χ4v) is 1.87. The molecule has 1 rings (SSSR count). The van der Waals surface area contributed by atoms with E-state index in [4.69, 9.17) is 5.73 Å². The first kappa shape index (κ1) is 13.7. The van der Waals surface area contributed by atoms with Gasteiger partial charge in [-0.1, -0.05) is 32.4 Å². The highest BCUT2D eigenvalue weighted by atomic mass is 16.2. The molecule has 0 aliphatic heterocycles. The number of carbonyl (C=O) groups excluding carboxylic acids is 1. The molecule has 3 heteroatoms. The fourth-order valence-electron chi connectivity index (χ4n) is 1.87. The van der Waals surface area contributed by atoms with Crippen molar-refractivity contribution in [3.63, 3.8) is 0 Å². The Hall–Kier alpha value is -1.35. The maximum atomic E-state index is 12.1. The molecule has 1 amide bonds. The molecule has 0 spiro atoms. The Morgan fingerprint density at radius 3 is 2.41 bits per heavy atom. The molecule has 0 aliphatic rings. The van der Waals surface area contributed by atoms with Crippen LogP contribution in [0.4, 0.5) is 5.69 Å². The monoisotopic (exact) mass is 234 g/mol. The highest BCUT2D eigenvalue weighted by molar-refractivity contribution is 5.94. The van der Waals surface area contributed by atoms with E-state index in [-0.39, 0.29) is 11.8 Å². The van der Waals surface area contributed by atoms with E-state index in [1.165, 1.54) is 0 Å². The van der Waals surface area contributed by atoms with Gasteiger partial charge in [-0.2, -0.15) is 0 Å². The van der Waals surface area contributed by atoms with E-state index >= 15 is 0 Å². The van der Waals surface area contributed by atoms with E-state index in [1.54, 1.807) is 4.90 Å².